The summed E-state index contributed by atoms with van der Waals surface area (Å²) in [5.41, 5.74) is 0.704. The molecule has 3 aromatic rings. The van der Waals surface area contributed by atoms with Crippen LogP contribution in [-0.2, 0) is 4.74 Å². The lowest BCUT2D eigenvalue weighted by Crippen LogP contribution is -2.37. The van der Waals surface area contributed by atoms with E-state index < -0.39 is 33.2 Å². The third-order valence-electron chi connectivity index (χ3n) is 7.44. The maximum atomic E-state index is 14.1. The number of fused-ring (bicyclic) bond motifs is 1. The van der Waals surface area contributed by atoms with Crippen molar-refractivity contribution >= 4 is 57.4 Å². The summed E-state index contributed by atoms with van der Waals surface area (Å²) in [5.74, 6) is -0.643. The molecule has 1 saturated heterocycles. The molecule has 2 atom stereocenters. The summed E-state index contributed by atoms with van der Waals surface area (Å²) in [6.45, 7) is 1.14. The number of nitro groups is 2. The number of thiophene rings is 2. The molecule has 2 aliphatic heterocycles. The van der Waals surface area contributed by atoms with Crippen LogP contribution < -0.4 is 4.90 Å². The predicted molar refractivity (Wildman–Crippen MR) is 153 cm³/mol. The molecule has 3 aliphatic rings. The van der Waals surface area contributed by atoms with E-state index in [2.05, 4.69) is 6.08 Å². The van der Waals surface area contributed by atoms with Crippen molar-refractivity contribution in [2.24, 2.45) is 11.0 Å². The number of ether oxygens (including phenoxy) is 1. The Labute approximate surface area is 237 Å². The second-order valence-electron chi connectivity index (χ2n) is 9.76. The van der Waals surface area contributed by atoms with E-state index in [9.17, 15) is 25.0 Å². The number of nitro benzene ring substituents is 2. The average molecular weight is 580 g/mol. The van der Waals surface area contributed by atoms with E-state index >= 15 is 0 Å². The highest BCUT2D eigenvalue weighted by Crippen LogP contribution is 2.47. The van der Waals surface area contributed by atoms with Crippen molar-refractivity contribution in [2.75, 3.05) is 31.2 Å². The van der Waals surface area contributed by atoms with Crippen LogP contribution in [0, 0.1) is 26.1 Å². The van der Waals surface area contributed by atoms with E-state index in [0.29, 0.717) is 13.2 Å². The smallest absolute Gasteiger partial charge is 0.300 e. The van der Waals surface area contributed by atoms with Gasteiger partial charge in [-0.05, 0) is 53.8 Å². The molecule has 1 aromatic carbocycles. The predicted octanol–water partition coefficient (Wildman–Crippen LogP) is 5.90. The van der Waals surface area contributed by atoms with Crippen molar-refractivity contribution in [3.8, 4) is 0 Å². The molecule has 0 N–H and O–H groups in total. The fourth-order valence-corrected chi connectivity index (χ4v) is 7.26. The number of carbonyl (C=O) groups excluding carboxylic acids is 1. The molecule has 40 heavy (non-hydrogen) atoms. The van der Waals surface area contributed by atoms with E-state index in [0.717, 1.165) is 52.4 Å². The molecule has 6 rings (SSSR count). The standard InChI is InChI=1S/C27H25N5O6S2/c33-27(18-15-21(31(34)35)26(22(16-18)32(36)37)29-8-10-38-11-9-29)30-25(23-7-3-13-40-23)20-6-1-4-17(24(20)28-30)14-19-5-2-12-39-19/h2-3,5,7,12-16,20,25H,1,4,6,8-11H2/b17-14+/t20-,25-/m1/s1. The molecule has 0 unspecified atom stereocenters. The van der Waals surface area contributed by atoms with Crippen molar-refractivity contribution in [3.05, 3.63) is 88.3 Å². The molecule has 1 saturated carbocycles. The minimum Gasteiger partial charge on any atom is -0.378 e. The van der Waals surface area contributed by atoms with Crippen LogP contribution in [0.15, 0.2) is 57.8 Å². The first-order chi connectivity index (χ1) is 19.4. The van der Waals surface area contributed by atoms with Gasteiger partial charge in [0.15, 0.2) is 5.69 Å². The van der Waals surface area contributed by atoms with Gasteiger partial charge in [0.2, 0.25) is 0 Å². The van der Waals surface area contributed by atoms with Gasteiger partial charge in [-0.2, -0.15) is 5.10 Å². The van der Waals surface area contributed by atoms with Gasteiger partial charge < -0.3 is 9.64 Å². The van der Waals surface area contributed by atoms with Crippen LogP contribution in [0.5, 0.6) is 0 Å². The minimum atomic E-state index is -0.664. The van der Waals surface area contributed by atoms with Gasteiger partial charge in [0, 0.05) is 40.9 Å². The van der Waals surface area contributed by atoms with Crippen LogP contribution >= 0.6 is 22.7 Å². The third-order valence-corrected chi connectivity index (χ3v) is 9.20. The second-order valence-corrected chi connectivity index (χ2v) is 11.7. The highest BCUT2D eigenvalue weighted by Gasteiger charge is 2.45. The Balaban J connectivity index is 1.45. The fourth-order valence-electron chi connectivity index (χ4n) is 5.70. The van der Waals surface area contributed by atoms with Crippen molar-refractivity contribution in [1.29, 1.82) is 0 Å². The number of rotatable bonds is 6. The van der Waals surface area contributed by atoms with Crippen LogP contribution in [-0.4, -0.2) is 52.8 Å². The monoisotopic (exact) mass is 579 g/mol. The Hall–Kier alpha value is -3.94. The van der Waals surface area contributed by atoms with Crippen molar-refractivity contribution < 1.29 is 19.4 Å². The molecular formula is C27H25N5O6S2. The van der Waals surface area contributed by atoms with Gasteiger partial charge in [-0.25, -0.2) is 5.01 Å². The van der Waals surface area contributed by atoms with Gasteiger partial charge >= 0.3 is 0 Å². The lowest BCUT2D eigenvalue weighted by molar-refractivity contribution is -0.392. The number of hydrazone groups is 1. The van der Waals surface area contributed by atoms with Crippen LogP contribution in [0.4, 0.5) is 17.1 Å². The van der Waals surface area contributed by atoms with Crippen LogP contribution in [0.1, 0.15) is 45.4 Å². The van der Waals surface area contributed by atoms with Gasteiger partial charge in [0.05, 0.1) is 40.4 Å². The third kappa shape index (κ3) is 4.80. The number of amides is 1. The summed E-state index contributed by atoms with van der Waals surface area (Å²) >= 11 is 3.14. The Morgan fingerprint density at radius 1 is 1.05 bits per heavy atom. The van der Waals surface area contributed by atoms with E-state index in [1.165, 1.54) is 16.3 Å². The van der Waals surface area contributed by atoms with Crippen LogP contribution in [0.2, 0.25) is 0 Å². The molecule has 0 bridgehead atoms. The zero-order chi connectivity index (χ0) is 27.8. The summed E-state index contributed by atoms with van der Waals surface area (Å²) in [6, 6.07) is 9.79. The summed E-state index contributed by atoms with van der Waals surface area (Å²) in [6.07, 6.45) is 4.72. The van der Waals surface area contributed by atoms with E-state index in [4.69, 9.17) is 9.84 Å². The zero-order valence-corrected chi connectivity index (χ0v) is 22.9. The average Bonchev–Trinajstić information content (AvgIpc) is 3.74. The van der Waals surface area contributed by atoms with E-state index in [1.54, 1.807) is 16.2 Å². The fraction of sp³-hybridized carbons (Fsp3) is 0.333. The van der Waals surface area contributed by atoms with Crippen molar-refractivity contribution in [1.82, 2.24) is 5.01 Å². The Bertz CT molecular complexity index is 1480. The number of anilines is 1. The Morgan fingerprint density at radius 2 is 1.75 bits per heavy atom. The Kier molecular flexibility index (Phi) is 7.17. The lowest BCUT2D eigenvalue weighted by Gasteiger charge is -2.29. The van der Waals surface area contributed by atoms with Gasteiger partial charge in [-0.3, -0.25) is 25.0 Å². The summed E-state index contributed by atoms with van der Waals surface area (Å²) in [4.78, 5) is 40.7. The number of hydrogen-bond donors (Lipinski definition) is 0. The molecule has 2 fully saturated rings. The van der Waals surface area contributed by atoms with Crippen molar-refractivity contribution in [3.63, 3.8) is 0 Å². The number of allylic oxidation sites excluding steroid dienone is 1. The molecule has 0 radical (unpaired) electrons. The first-order valence-corrected chi connectivity index (χ1v) is 14.7. The maximum absolute atomic E-state index is 14.1. The topological polar surface area (TPSA) is 131 Å². The Morgan fingerprint density at radius 3 is 2.38 bits per heavy atom. The molecule has 11 nitrogen and oxygen atoms in total. The quantitative estimate of drug-likeness (QED) is 0.262. The van der Waals surface area contributed by atoms with Gasteiger partial charge in [-0.15, -0.1) is 22.7 Å². The molecule has 2 aromatic heterocycles. The number of nitrogens with zero attached hydrogens (tertiary/aromatic N) is 5. The molecule has 13 heteroatoms. The summed E-state index contributed by atoms with van der Waals surface area (Å²) in [7, 11) is 0. The highest BCUT2D eigenvalue weighted by atomic mass is 32.1. The molecule has 206 valence electrons. The largest absolute Gasteiger partial charge is 0.378 e. The normalized spacial score (nSPS) is 21.8. The first kappa shape index (κ1) is 26.3. The second kappa shape index (κ2) is 10.9. The van der Waals surface area contributed by atoms with Gasteiger partial charge in [-0.1, -0.05) is 12.1 Å². The summed E-state index contributed by atoms with van der Waals surface area (Å²) in [5, 5.41) is 34.5. The molecule has 4 heterocycles. The van der Waals surface area contributed by atoms with Crippen LogP contribution in [0.3, 0.4) is 0 Å². The lowest BCUT2D eigenvalue weighted by atomic mass is 9.79. The number of carbonyl (C=O) groups is 1. The van der Waals surface area contributed by atoms with Gasteiger partial charge in [0.1, 0.15) is 0 Å². The maximum Gasteiger partial charge on any atom is 0.300 e. The van der Waals surface area contributed by atoms with Crippen LogP contribution in [0.25, 0.3) is 6.08 Å². The first-order valence-electron chi connectivity index (χ1n) is 12.9. The van der Waals surface area contributed by atoms with E-state index in [1.807, 2.05) is 35.0 Å². The summed E-state index contributed by atoms with van der Waals surface area (Å²) < 4.78 is 5.33. The van der Waals surface area contributed by atoms with Gasteiger partial charge in [0.25, 0.3) is 17.3 Å². The van der Waals surface area contributed by atoms with E-state index in [-0.39, 0.29) is 30.3 Å². The SMILES string of the molecule is O=C(c1cc([N+](=O)[O-])c(N2CCOCC2)c([N+](=O)[O-])c1)N1N=C2/C(=C/c3cccs3)CCC[C@H]2[C@@H]1c1cccs1. The molecular weight excluding hydrogens is 554 g/mol. The molecule has 0 spiro atoms. The number of hydrogen-bond acceptors (Lipinski definition) is 10. The molecule has 1 aliphatic carbocycles. The minimum absolute atomic E-state index is 0.0415. The molecule has 1 amide bonds. The number of benzene rings is 1. The highest BCUT2D eigenvalue weighted by molar-refractivity contribution is 7.11. The zero-order valence-electron chi connectivity index (χ0n) is 21.3. The number of morpholine rings is 1. The van der Waals surface area contributed by atoms with Crippen molar-refractivity contribution in [2.45, 2.75) is 25.3 Å².